The van der Waals surface area contributed by atoms with Gasteiger partial charge in [-0.1, -0.05) is 23.8 Å². The average Bonchev–Trinajstić information content (AvgIpc) is 3.03. The molecule has 2 aromatic carbocycles. The van der Waals surface area contributed by atoms with Crippen LogP contribution < -0.4 is 14.8 Å². The first-order valence-electron chi connectivity index (χ1n) is 11.2. The Morgan fingerprint density at radius 2 is 1.73 bits per heavy atom. The average molecular weight is 451 g/mol. The molecule has 176 valence electrons. The maximum Gasteiger partial charge on any atom is 0.337 e. The highest BCUT2D eigenvalue weighted by Gasteiger charge is 2.22. The topological polar surface area (TPSA) is 72.7 Å². The summed E-state index contributed by atoms with van der Waals surface area (Å²) in [6, 6.07) is 12.1. The molecular weight excluding hydrogens is 416 g/mol. The minimum atomic E-state index is -0.887. The molecule has 0 atom stereocenters. The Labute approximate surface area is 196 Å². The van der Waals surface area contributed by atoms with Gasteiger partial charge in [-0.3, -0.25) is 0 Å². The Kier molecular flexibility index (Phi) is 7.82. The van der Waals surface area contributed by atoms with Crippen molar-refractivity contribution in [2.24, 2.45) is 0 Å². The number of aromatic carboxylic acids is 1. The van der Waals surface area contributed by atoms with E-state index in [2.05, 4.69) is 41.9 Å². The summed E-state index contributed by atoms with van der Waals surface area (Å²) in [6.07, 6.45) is 0.740. The van der Waals surface area contributed by atoms with Crippen molar-refractivity contribution in [1.82, 2.24) is 9.88 Å². The van der Waals surface area contributed by atoms with Gasteiger partial charge in [0.05, 0.1) is 19.8 Å². The summed E-state index contributed by atoms with van der Waals surface area (Å²) >= 11 is 0. The molecule has 0 spiro atoms. The molecule has 0 bridgehead atoms. The van der Waals surface area contributed by atoms with Crippen LogP contribution in [0.3, 0.4) is 0 Å². The standard InChI is InChI=1S/C27H34N2O4/c1-17-7-8-18(2)22(13-17)16-29-19(3)24(26(20(29)4)27(30)31)15-28-12-11-21-14-23(32-5)9-10-25(21)33-6/h7-10,13-14,28H,11-12,15-16H2,1-6H3,(H,30,31). The Bertz CT molecular complexity index is 1150. The minimum absolute atomic E-state index is 0.393. The normalized spacial score (nSPS) is 11.0. The molecule has 0 radical (unpaired) electrons. The molecule has 6 heteroatoms. The van der Waals surface area contributed by atoms with Crippen LogP contribution in [0, 0.1) is 27.7 Å². The van der Waals surface area contributed by atoms with E-state index in [9.17, 15) is 9.90 Å². The first-order chi connectivity index (χ1) is 15.8. The zero-order valence-corrected chi connectivity index (χ0v) is 20.4. The van der Waals surface area contributed by atoms with Crippen LogP contribution in [0.2, 0.25) is 0 Å². The number of hydrogen-bond acceptors (Lipinski definition) is 4. The number of carbonyl (C=O) groups is 1. The highest BCUT2D eigenvalue weighted by Crippen LogP contribution is 2.26. The number of ether oxygens (including phenoxy) is 2. The summed E-state index contributed by atoms with van der Waals surface area (Å²) in [5.41, 5.74) is 7.65. The van der Waals surface area contributed by atoms with Crippen molar-refractivity contribution >= 4 is 5.97 Å². The molecule has 1 heterocycles. The highest BCUT2D eigenvalue weighted by molar-refractivity contribution is 5.91. The van der Waals surface area contributed by atoms with Crippen molar-refractivity contribution in [2.75, 3.05) is 20.8 Å². The molecule has 1 aromatic heterocycles. The number of aromatic nitrogens is 1. The largest absolute Gasteiger partial charge is 0.497 e. The Morgan fingerprint density at radius 3 is 2.39 bits per heavy atom. The molecule has 33 heavy (non-hydrogen) atoms. The van der Waals surface area contributed by atoms with Crippen molar-refractivity contribution in [3.63, 3.8) is 0 Å². The predicted molar refractivity (Wildman–Crippen MR) is 131 cm³/mol. The SMILES string of the molecule is COc1ccc(OC)c(CCNCc2c(C(=O)O)c(C)n(Cc3cc(C)ccc3C)c2C)c1. The third-order valence-electron chi connectivity index (χ3n) is 6.32. The monoisotopic (exact) mass is 450 g/mol. The smallest absolute Gasteiger partial charge is 0.337 e. The van der Waals surface area contributed by atoms with Crippen molar-refractivity contribution < 1.29 is 19.4 Å². The molecule has 2 N–H and O–H groups in total. The van der Waals surface area contributed by atoms with Crippen LogP contribution in [0.15, 0.2) is 36.4 Å². The van der Waals surface area contributed by atoms with E-state index in [1.807, 2.05) is 32.0 Å². The van der Waals surface area contributed by atoms with Crippen LogP contribution in [-0.2, 0) is 19.5 Å². The van der Waals surface area contributed by atoms with Gasteiger partial charge in [-0.05, 0) is 75.5 Å². The zero-order chi connectivity index (χ0) is 24.1. The molecule has 0 amide bonds. The summed E-state index contributed by atoms with van der Waals surface area (Å²) in [4.78, 5) is 12.1. The summed E-state index contributed by atoms with van der Waals surface area (Å²) in [5, 5.41) is 13.4. The lowest BCUT2D eigenvalue weighted by Crippen LogP contribution is -2.19. The summed E-state index contributed by atoms with van der Waals surface area (Å²) in [6.45, 7) is 9.90. The first kappa shape index (κ1) is 24.4. The van der Waals surface area contributed by atoms with E-state index < -0.39 is 5.97 Å². The molecule has 3 aromatic rings. The third kappa shape index (κ3) is 5.40. The number of hydrogen-bond donors (Lipinski definition) is 2. The lowest BCUT2D eigenvalue weighted by atomic mass is 10.1. The first-order valence-corrected chi connectivity index (χ1v) is 11.2. The maximum absolute atomic E-state index is 12.1. The van der Waals surface area contributed by atoms with Crippen molar-refractivity contribution in [3.05, 3.63) is 81.2 Å². The lowest BCUT2D eigenvalue weighted by Gasteiger charge is -2.13. The highest BCUT2D eigenvalue weighted by atomic mass is 16.5. The molecule has 0 saturated heterocycles. The molecule has 0 aliphatic heterocycles. The van der Waals surface area contributed by atoms with E-state index >= 15 is 0 Å². The van der Waals surface area contributed by atoms with Crippen LogP contribution in [0.4, 0.5) is 0 Å². The quantitative estimate of drug-likeness (QED) is 0.434. The second-order valence-corrected chi connectivity index (χ2v) is 8.45. The fourth-order valence-corrected chi connectivity index (χ4v) is 4.34. The van der Waals surface area contributed by atoms with Crippen LogP contribution in [0.25, 0.3) is 0 Å². The fourth-order valence-electron chi connectivity index (χ4n) is 4.34. The number of methoxy groups -OCH3 is 2. The molecular formula is C27H34N2O4. The Balaban J connectivity index is 1.79. The van der Waals surface area contributed by atoms with Gasteiger partial charge in [-0.15, -0.1) is 0 Å². The molecule has 3 rings (SSSR count). The third-order valence-corrected chi connectivity index (χ3v) is 6.32. The van der Waals surface area contributed by atoms with E-state index in [1.165, 1.54) is 16.7 Å². The number of rotatable bonds is 10. The Morgan fingerprint density at radius 1 is 0.970 bits per heavy atom. The number of nitrogens with zero attached hydrogens (tertiary/aromatic N) is 1. The van der Waals surface area contributed by atoms with Crippen LogP contribution in [-0.4, -0.2) is 36.4 Å². The molecule has 0 saturated carbocycles. The second-order valence-electron chi connectivity index (χ2n) is 8.45. The van der Waals surface area contributed by atoms with E-state index in [-0.39, 0.29) is 0 Å². The predicted octanol–water partition coefficient (Wildman–Crippen LogP) is 4.82. The molecule has 0 aliphatic rings. The summed E-state index contributed by atoms with van der Waals surface area (Å²) in [7, 11) is 3.30. The second kappa shape index (κ2) is 10.6. The van der Waals surface area contributed by atoms with E-state index in [0.29, 0.717) is 25.2 Å². The Hall–Kier alpha value is -3.25. The lowest BCUT2D eigenvalue weighted by molar-refractivity contribution is 0.0694. The molecule has 0 unspecified atom stereocenters. The van der Waals surface area contributed by atoms with Gasteiger partial charge in [0, 0.05) is 30.0 Å². The van der Waals surface area contributed by atoms with Gasteiger partial charge >= 0.3 is 5.97 Å². The summed E-state index contributed by atoms with van der Waals surface area (Å²) < 4.78 is 12.9. The number of aryl methyl sites for hydroxylation is 2. The van der Waals surface area contributed by atoms with Gasteiger partial charge in [0.15, 0.2) is 0 Å². The van der Waals surface area contributed by atoms with Gasteiger partial charge in [0.2, 0.25) is 0 Å². The van der Waals surface area contributed by atoms with Gasteiger partial charge in [0.1, 0.15) is 11.5 Å². The van der Waals surface area contributed by atoms with Crippen LogP contribution >= 0.6 is 0 Å². The van der Waals surface area contributed by atoms with Gasteiger partial charge in [-0.25, -0.2) is 4.79 Å². The van der Waals surface area contributed by atoms with Gasteiger partial charge in [0.25, 0.3) is 0 Å². The fraction of sp³-hybridized carbons (Fsp3) is 0.370. The van der Waals surface area contributed by atoms with Gasteiger partial charge < -0.3 is 24.5 Å². The number of carboxylic acids is 1. The maximum atomic E-state index is 12.1. The zero-order valence-electron chi connectivity index (χ0n) is 20.4. The van der Waals surface area contributed by atoms with E-state index in [4.69, 9.17) is 9.47 Å². The van der Waals surface area contributed by atoms with E-state index in [0.717, 1.165) is 40.4 Å². The van der Waals surface area contributed by atoms with Crippen molar-refractivity contribution in [1.29, 1.82) is 0 Å². The van der Waals surface area contributed by atoms with Crippen molar-refractivity contribution in [3.8, 4) is 11.5 Å². The van der Waals surface area contributed by atoms with Crippen LogP contribution in [0.5, 0.6) is 11.5 Å². The van der Waals surface area contributed by atoms with Crippen molar-refractivity contribution in [2.45, 2.75) is 47.2 Å². The minimum Gasteiger partial charge on any atom is -0.497 e. The number of carboxylic acid groups (broad SMARTS) is 1. The number of benzene rings is 2. The summed E-state index contributed by atoms with van der Waals surface area (Å²) in [5.74, 6) is 0.714. The van der Waals surface area contributed by atoms with Gasteiger partial charge in [-0.2, -0.15) is 0 Å². The molecule has 0 aliphatic carbocycles. The van der Waals surface area contributed by atoms with E-state index in [1.54, 1.807) is 14.2 Å². The molecule has 6 nitrogen and oxygen atoms in total. The molecule has 0 fully saturated rings. The number of nitrogens with one attached hydrogen (secondary N) is 1. The van der Waals surface area contributed by atoms with Crippen LogP contribution in [0.1, 0.15) is 49.6 Å².